The van der Waals surface area contributed by atoms with Gasteiger partial charge in [-0.3, -0.25) is 0 Å². The van der Waals surface area contributed by atoms with E-state index in [0.717, 1.165) is 6.54 Å². The number of nitrogens with zero attached hydrogens (tertiary/aromatic N) is 2. The van der Waals surface area contributed by atoms with Gasteiger partial charge in [0.15, 0.2) is 0 Å². The molecule has 75 valence electrons. The van der Waals surface area contributed by atoms with Crippen LogP contribution in [0.4, 0.5) is 0 Å². The second-order valence-corrected chi connectivity index (χ2v) is 4.39. The van der Waals surface area contributed by atoms with Gasteiger partial charge in [0.05, 0.1) is 0 Å². The molecular weight excluding hydrogens is 160 g/mol. The van der Waals surface area contributed by atoms with E-state index in [4.69, 9.17) is 0 Å². The Kier molecular flexibility index (Phi) is 3.62. The molecule has 1 atom stereocenters. The van der Waals surface area contributed by atoms with E-state index >= 15 is 0 Å². The standard InChI is InChI=1S/C11H21N2/c1-2-7-12-11(5-1)6-10-13-8-3-4-9-13/h11H,1-10H2. The van der Waals surface area contributed by atoms with E-state index in [9.17, 15) is 0 Å². The summed E-state index contributed by atoms with van der Waals surface area (Å²) in [5.74, 6) is 0. The molecule has 0 bridgehead atoms. The molecule has 0 amide bonds. The lowest BCUT2D eigenvalue weighted by Crippen LogP contribution is -2.32. The van der Waals surface area contributed by atoms with Crippen LogP contribution in [0.1, 0.15) is 38.5 Å². The highest BCUT2D eigenvalue weighted by molar-refractivity contribution is 4.74. The first-order valence-electron chi connectivity index (χ1n) is 5.84. The number of hydrogen-bond acceptors (Lipinski definition) is 1. The molecule has 0 aromatic heterocycles. The Hall–Kier alpha value is -0.0800. The lowest BCUT2D eigenvalue weighted by molar-refractivity contribution is 0.286. The highest BCUT2D eigenvalue weighted by Gasteiger charge is 2.16. The molecule has 13 heavy (non-hydrogen) atoms. The van der Waals surface area contributed by atoms with Crippen LogP contribution >= 0.6 is 0 Å². The van der Waals surface area contributed by atoms with Gasteiger partial charge >= 0.3 is 0 Å². The van der Waals surface area contributed by atoms with Crippen molar-refractivity contribution >= 4 is 0 Å². The van der Waals surface area contributed by atoms with Gasteiger partial charge in [0.2, 0.25) is 0 Å². The molecule has 2 saturated heterocycles. The van der Waals surface area contributed by atoms with Gasteiger partial charge in [0.1, 0.15) is 0 Å². The molecule has 1 radical (unpaired) electrons. The average Bonchev–Trinajstić information content (AvgIpc) is 2.69. The monoisotopic (exact) mass is 181 g/mol. The van der Waals surface area contributed by atoms with E-state index < -0.39 is 0 Å². The fraction of sp³-hybridized carbons (Fsp3) is 1.00. The predicted octanol–water partition coefficient (Wildman–Crippen LogP) is 1.63. The first-order valence-corrected chi connectivity index (χ1v) is 5.84. The van der Waals surface area contributed by atoms with Gasteiger partial charge in [-0.2, -0.15) is 0 Å². The Bertz CT molecular complexity index is 135. The lowest BCUT2D eigenvalue weighted by atomic mass is 10.0. The zero-order chi connectivity index (χ0) is 8.93. The fourth-order valence-corrected chi connectivity index (χ4v) is 2.43. The van der Waals surface area contributed by atoms with Crippen LogP contribution in [0.15, 0.2) is 0 Å². The maximum atomic E-state index is 4.66. The van der Waals surface area contributed by atoms with Crippen molar-refractivity contribution in [1.82, 2.24) is 10.2 Å². The van der Waals surface area contributed by atoms with Gasteiger partial charge in [-0.15, -0.1) is 0 Å². The maximum absolute atomic E-state index is 4.66. The van der Waals surface area contributed by atoms with E-state index in [1.54, 1.807) is 0 Å². The second kappa shape index (κ2) is 4.97. The van der Waals surface area contributed by atoms with E-state index in [0.29, 0.717) is 6.04 Å². The van der Waals surface area contributed by atoms with Crippen LogP contribution < -0.4 is 5.32 Å². The van der Waals surface area contributed by atoms with Crippen LogP contribution in [0, 0.1) is 0 Å². The van der Waals surface area contributed by atoms with Crippen LogP contribution in [0.3, 0.4) is 0 Å². The second-order valence-electron chi connectivity index (χ2n) is 4.39. The van der Waals surface area contributed by atoms with Crippen LogP contribution in [0.5, 0.6) is 0 Å². The van der Waals surface area contributed by atoms with Crippen LogP contribution in [0.2, 0.25) is 0 Å². The van der Waals surface area contributed by atoms with Gasteiger partial charge in [0.25, 0.3) is 0 Å². The van der Waals surface area contributed by atoms with Crippen molar-refractivity contribution in [3.8, 4) is 0 Å². The van der Waals surface area contributed by atoms with E-state index in [2.05, 4.69) is 10.2 Å². The summed E-state index contributed by atoms with van der Waals surface area (Å²) in [6.45, 7) is 5.11. The van der Waals surface area contributed by atoms with Crippen LogP contribution in [-0.2, 0) is 0 Å². The van der Waals surface area contributed by atoms with Gasteiger partial charge in [-0.25, -0.2) is 5.32 Å². The smallest absolute Gasteiger partial charge is 0.0258 e. The highest BCUT2D eigenvalue weighted by atomic mass is 15.1. The zero-order valence-corrected chi connectivity index (χ0v) is 8.54. The normalized spacial score (nSPS) is 30.9. The molecule has 2 heterocycles. The zero-order valence-electron chi connectivity index (χ0n) is 8.54. The summed E-state index contributed by atoms with van der Waals surface area (Å²) in [4.78, 5) is 2.60. The molecular formula is C11H21N2. The number of likely N-dealkylation sites (tertiary alicyclic amines) is 1. The lowest BCUT2D eigenvalue weighted by Gasteiger charge is -2.24. The number of hydrogen-bond donors (Lipinski definition) is 0. The Labute approximate surface area is 81.7 Å². The van der Waals surface area contributed by atoms with Crippen molar-refractivity contribution in [2.24, 2.45) is 0 Å². The average molecular weight is 181 g/mol. The number of rotatable bonds is 3. The SMILES string of the molecule is C1CCC(CCN2CCCC2)[N]C1. The molecule has 0 aromatic rings. The summed E-state index contributed by atoms with van der Waals surface area (Å²) in [5.41, 5.74) is 0. The summed E-state index contributed by atoms with van der Waals surface area (Å²) in [7, 11) is 0. The minimum Gasteiger partial charge on any atom is -0.303 e. The van der Waals surface area contributed by atoms with Gasteiger partial charge in [0, 0.05) is 12.6 Å². The Morgan fingerprint density at radius 3 is 2.62 bits per heavy atom. The van der Waals surface area contributed by atoms with Crippen molar-refractivity contribution in [3.05, 3.63) is 0 Å². The third-order valence-corrected chi connectivity index (χ3v) is 3.31. The summed E-state index contributed by atoms with van der Waals surface area (Å²) >= 11 is 0. The molecule has 0 aliphatic carbocycles. The first-order chi connectivity index (χ1) is 6.45. The molecule has 2 rings (SSSR count). The minimum atomic E-state index is 0.703. The van der Waals surface area contributed by atoms with Crippen molar-refractivity contribution in [3.63, 3.8) is 0 Å². The van der Waals surface area contributed by atoms with Crippen LogP contribution in [-0.4, -0.2) is 37.1 Å². The molecule has 2 aliphatic rings. The molecule has 2 fully saturated rings. The predicted molar refractivity (Wildman–Crippen MR) is 54.9 cm³/mol. The van der Waals surface area contributed by atoms with E-state index in [-0.39, 0.29) is 0 Å². The maximum Gasteiger partial charge on any atom is 0.0258 e. The Morgan fingerprint density at radius 1 is 1.08 bits per heavy atom. The summed E-state index contributed by atoms with van der Waals surface area (Å²) in [6, 6.07) is 0.703. The molecule has 2 heteroatoms. The van der Waals surface area contributed by atoms with E-state index in [1.165, 1.54) is 58.2 Å². The summed E-state index contributed by atoms with van der Waals surface area (Å²) < 4.78 is 0. The van der Waals surface area contributed by atoms with Gasteiger partial charge < -0.3 is 4.90 Å². The molecule has 2 nitrogen and oxygen atoms in total. The third-order valence-electron chi connectivity index (χ3n) is 3.31. The highest BCUT2D eigenvalue weighted by Crippen LogP contribution is 2.14. The molecule has 2 aliphatic heterocycles. The minimum absolute atomic E-state index is 0.703. The molecule has 0 aromatic carbocycles. The first kappa shape index (κ1) is 9.47. The molecule has 0 spiro atoms. The van der Waals surface area contributed by atoms with Gasteiger partial charge in [-0.05, 0) is 51.7 Å². The van der Waals surface area contributed by atoms with Crippen molar-refractivity contribution in [2.75, 3.05) is 26.2 Å². The van der Waals surface area contributed by atoms with Crippen molar-refractivity contribution in [2.45, 2.75) is 44.6 Å². The van der Waals surface area contributed by atoms with E-state index in [1.807, 2.05) is 0 Å². The Balaban J connectivity index is 1.60. The summed E-state index contributed by atoms with van der Waals surface area (Å²) in [5, 5.41) is 4.66. The third kappa shape index (κ3) is 2.96. The van der Waals surface area contributed by atoms with Crippen LogP contribution in [0.25, 0.3) is 0 Å². The van der Waals surface area contributed by atoms with Crippen molar-refractivity contribution < 1.29 is 0 Å². The quantitative estimate of drug-likeness (QED) is 0.647. The van der Waals surface area contributed by atoms with Gasteiger partial charge in [-0.1, -0.05) is 6.42 Å². The topological polar surface area (TPSA) is 17.3 Å². The molecule has 0 saturated carbocycles. The molecule has 1 unspecified atom stereocenters. The van der Waals surface area contributed by atoms with Crippen molar-refractivity contribution in [1.29, 1.82) is 0 Å². The summed E-state index contributed by atoms with van der Waals surface area (Å²) in [6.07, 6.45) is 8.26. The largest absolute Gasteiger partial charge is 0.303 e. The fourth-order valence-electron chi connectivity index (χ4n) is 2.43. The number of piperidine rings is 1. The molecule has 0 N–H and O–H groups in total. The Morgan fingerprint density at radius 2 is 1.92 bits per heavy atom.